The Morgan fingerprint density at radius 2 is 1.79 bits per heavy atom. The number of benzene rings is 2. The van der Waals surface area contributed by atoms with Crippen LogP contribution >= 0.6 is 0 Å². The summed E-state index contributed by atoms with van der Waals surface area (Å²) in [4.78, 5) is 24.9. The monoisotopic (exact) mass is 485 g/mol. The van der Waals surface area contributed by atoms with E-state index in [-0.39, 0.29) is 38.7 Å². The molecule has 3 rings (SSSR count). The fourth-order valence-corrected chi connectivity index (χ4v) is 3.16. The van der Waals surface area contributed by atoms with E-state index in [1.807, 2.05) is 43.3 Å². The summed E-state index contributed by atoms with van der Waals surface area (Å²) in [5, 5.41) is 10.2. The van der Waals surface area contributed by atoms with E-state index in [1.165, 1.54) is 0 Å². The van der Waals surface area contributed by atoms with Crippen LogP contribution in [0.3, 0.4) is 0 Å². The molecule has 1 saturated heterocycles. The Morgan fingerprint density at radius 1 is 1.17 bits per heavy atom. The van der Waals surface area contributed by atoms with Crippen molar-refractivity contribution in [3.63, 3.8) is 0 Å². The van der Waals surface area contributed by atoms with Gasteiger partial charge in [0.25, 0.3) is 5.97 Å². The van der Waals surface area contributed by atoms with E-state index in [0.717, 1.165) is 11.6 Å². The molecule has 5 nitrogen and oxygen atoms in total. The standard InChI is InChI=1S/C23H23O5.Pd/c1-23(12-13-27-15-17-8-4-2-5-9-17)16-28-22(26)21(23)20(25)14-19(24)18-10-6-3-7-11-18;/h2-11,14,24H,12-13,15-16H2,1H3;/q-1;/b19-14-;/t23-;/m0./s1. The Balaban J connectivity index is 0.00000300. The number of hydrogen-bond donors (Lipinski definition) is 1. The first-order valence-corrected chi connectivity index (χ1v) is 9.16. The van der Waals surface area contributed by atoms with E-state index in [2.05, 4.69) is 0 Å². The Bertz CT molecular complexity index is 850. The summed E-state index contributed by atoms with van der Waals surface area (Å²) < 4.78 is 10.8. The fraction of sp³-hybridized carbons (Fsp3) is 0.261. The van der Waals surface area contributed by atoms with Gasteiger partial charge in [0, 0.05) is 38.6 Å². The summed E-state index contributed by atoms with van der Waals surface area (Å²) >= 11 is 0. The second-order valence-electron chi connectivity index (χ2n) is 7.06. The summed E-state index contributed by atoms with van der Waals surface area (Å²) in [6.07, 6.45) is 1.55. The molecule has 29 heavy (non-hydrogen) atoms. The van der Waals surface area contributed by atoms with Gasteiger partial charge in [0.2, 0.25) is 0 Å². The third-order valence-corrected chi connectivity index (χ3v) is 4.82. The number of carbonyl (C=O) groups excluding carboxylic acids is 2. The summed E-state index contributed by atoms with van der Waals surface area (Å²) in [5.74, 6) is -1.29. The number of ether oxygens (including phenoxy) is 2. The van der Waals surface area contributed by atoms with E-state index in [1.54, 1.807) is 24.3 Å². The fourth-order valence-electron chi connectivity index (χ4n) is 3.16. The second-order valence-corrected chi connectivity index (χ2v) is 7.06. The average Bonchev–Trinajstić information content (AvgIpc) is 3.01. The van der Waals surface area contributed by atoms with Crippen LogP contribution in [0.2, 0.25) is 0 Å². The molecule has 1 aliphatic rings. The minimum absolute atomic E-state index is 0. The smallest absolute Gasteiger partial charge is 0.254 e. The number of esters is 1. The summed E-state index contributed by atoms with van der Waals surface area (Å²) in [6, 6.07) is 18.5. The molecule has 0 saturated carbocycles. The maximum absolute atomic E-state index is 12.7. The molecule has 6 heteroatoms. The van der Waals surface area contributed by atoms with Gasteiger partial charge in [-0.05, 0) is 23.0 Å². The molecular formula is C23H23O5Pd-. The molecule has 1 fully saturated rings. The van der Waals surface area contributed by atoms with Crippen LogP contribution in [-0.4, -0.2) is 30.1 Å². The molecule has 0 bridgehead atoms. The van der Waals surface area contributed by atoms with Crippen molar-refractivity contribution < 1.29 is 44.6 Å². The number of hydrogen-bond acceptors (Lipinski definition) is 5. The number of carbonyl (C=O) groups is 2. The average molecular weight is 486 g/mol. The van der Waals surface area contributed by atoms with Crippen molar-refractivity contribution >= 4 is 17.5 Å². The van der Waals surface area contributed by atoms with Crippen molar-refractivity contribution in [1.82, 2.24) is 0 Å². The topological polar surface area (TPSA) is 72.8 Å². The Morgan fingerprint density at radius 3 is 2.45 bits per heavy atom. The first kappa shape index (κ1) is 22.9. The van der Waals surface area contributed by atoms with Gasteiger partial charge in [0.05, 0.1) is 13.2 Å². The maximum Gasteiger partial charge on any atom is 0.254 e. The van der Waals surface area contributed by atoms with Gasteiger partial charge in [0.1, 0.15) is 0 Å². The van der Waals surface area contributed by atoms with Crippen molar-refractivity contribution in [1.29, 1.82) is 0 Å². The van der Waals surface area contributed by atoms with Crippen LogP contribution < -0.4 is 0 Å². The minimum atomic E-state index is -0.752. The molecule has 0 spiro atoms. The number of aliphatic hydroxyl groups excluding tert-OH is 1. The molecule has 1 aliphatic heterocycles. The number of cyclic esters (lactones) is 1. The SMILES string of the molecule is C[C@]1(CCOCc2ccccc2)COC(=O)[C-]1C(=O)/C=C(\O)c1ccccc1.[Pd]. The van der Waals surface area contributed by atoms with Crippen LogP contribution in [0, 0.1) is 11.3 Å². The predicted molar refractivity (Wildman–Crippen MR) is 105 cm³/mol. The second kappa shape index (κ2) is 10.4. The van der Waals surface area contributed by atoms with Crippen LogP contribution in [0.5, 0.6) is 0 Å². The van der Waals surface area contributed by atoms with Crippen LogP contribution in [0.4, 0.5) is 0 Å². The van der Waals surface area contributed by atoms with Gasteiger partial charge in [-0.1, -0.05) is 73.5 Å². The Labute approximate surface area is 184 Å². The third kappa shape index (κ3) is 5.80. The van der Waals surface area contributed by atoms with Gasteiger partial charge >= 0.3 is 0 Å². The van der Waals surface area contributed by atoms with Crippen molar-refractivity contribution in [3.05, 3.63) is 83.8 Å². The van der Waals surface area contributed by atoms with Gasteiger partial charge < -0.3 is 19.4 Å². The molecule has 156 valence electrons. The molecule has 1 heterocycles. The number of aliphatic hydroxyl groups is 1. The zero-order valence-corrected chi connectivity index (χ0v) is 17.6. The number of allylic oxidation sites excluding steroid dienone is 1. The minimum Gasteiger partial charge on any atom is -0.526 e. The zero-order valence-electron chi connectivity index (χ0n) is 16.1. The van der Waals surface area contributed by atoms with Gasteiger partial charge in [0.15, 0.2) is 0 Å². The van der Waals surface area contributed by atoms with Gasteiger partial charge in [-0.2, -0.15) is 0 Å². The van der Waals surface area contributed by atoms with Crippen LogP contribution in [0.15, 0.2) is 66.7 Å². The van der Waals surface area contributed by atoms with Gasteiger partial charge in [-0.25, -0.2) is 0 Å². The first-order chi connectivity index (χ1) is 13.5. The summed E-state index contributed by atoms with van der Waals surface area (Å²) in [5.41, 5.74) is 0.816. The van der Waals surface area contributed by atoms with E-state index in [9.17, 15) is 14.7 Å². The third-order valence-electron chi connectivity index (χ3n) is 4.82. The molecule has 0 aliphatic carbocycles. The van der Waals surface area contributed by atoms with Crippen LogP contribution in [-0.2, 0) is 46.1 Å². The molecule has 1 N–H and O–H groups in total. The van der Waals surface area contributed by atoms with E-state index in [0.29, 0.717) is 25.2 Å². The molecule has 0 radical (unpaired) electrons. The quantitative estimate of drug-likeness (QED) is 0.153. The van der Waals surface area contributed by atoms with Crippen molar-refractivity contribution in [3.8, 4) is 0 Å². The molecular weight excluding hydrogens is 463 g/mol. The normalized spacial score (nSPS) is 18.9. The molecule has 2 aromatic carbocycles. The van der Waals surface area contributed by atoms with Crippen LogP contribution in [0.25, 0.3) is 5.76 Å². The predicted octanol–water partition coefficient (Wildman–Crippen LogP) is 3.90. The van der Waals surface area contributed by atoms with E-state index < -0.39 is 17.2 Å². The van der Waals surface area contributed by atoms with E-state index in [4.69, 9.17) is 9.47 Å². The number of ketones is 1. The van der Waals surface area contributed by atoms with Gasteiger partial charge in [-0.15, -0.1) is 6.08 Å². The van der Waals surface area contributed by atoms with Crippen molar-refractivity contribution in [2.75, 3.05) is 13.2 Å². The Kier molecular flexibility index (Phi) is 8.22. The Hall–Kier alpha value is -2.39. The zero-order chi connectivity index (χ0) is 20.0. The molecule has 0 amide bonds. The van der Waals surface area contributed by atoms with Gasteiger partial charge in [-0.3, -0.25) is 4.79 Å². The summed E-state index contributed by atoms with van der Waals surface area (Å²) in [6.45, 7) is 2.78. The van der Waals surface area contributed by atoms with Crippen molar-refractivity contribution in [2.24, 2.45) is 5.41 Å². The molecule has 0 aromatic heterocycles. The number of rotatable bonds is 8. The maximum atomic E-state index is 12.7. The van der Waals surface area contributed by atoms with Crippen molar-refractivity contribution in [2.45, 2.75) is 20.0 Å². The largest absolute Gasteiger partial charge is 0.526 e. The van der Waals surface area contributed by atoms with Crippen LogP contribution in [0.1, 0.15) is 24.5 Å². The first-order valence-electron chi connectivity index (χ1n) is 9.16. The molecule has 2 aromatic rings. The van der Waals surface area contributed by atoms with E-state index >= 15 is 0 Å². The molecule has 0 unspecified atom stereocenters. The molecule has 1 atom stereocenters. The summed E-state index contributed by atoms with van der Waals surface area (Å²) in [7, 11) is 0.